The predicted octanol–water partition coefficient (Wildman–Crippen LogP) is 2.67. The maximum atomic E-state index is 12.9. The van der Waals surface area contributed by atoms with Crippen molar-refractivity contribution in [3.63, 3.8) is 0 Å². The van der Waals surface area contributed by atoms with Crippen LogP contribution >= 0.6 is 0 Å². The molecule has 0 spiro atoms. The lowest BCUT2D eigenvalue weighted by Gasteiger charge is -2.39. The van der Waals surface area contributed by atoms with Crippen LogP contribution in [0, 0.1) is 6.92 Å². The molecule has 0 aromatic heterocycles. The van der Waals surface area contributed by atoms with E-state index in [1.54, 1.807) is 22.5 Å². The fraction of sp³-hybridized carbons (Fsp3) is 0.333. The molecule has 0 amide bonds. The zero-order valence-corrected chi connectivity index (χ0v) is 14.3. The molecule has 1 unspecified atom stereocenters. The van der Waals surface area contributed by atoms with Gasteiger partial charge < -0.3 is 0 Å². The third kappa shape index (κ3) is 3.32. The highest BCUT2D eigenvalue weighted by molar-refractivity contribution is 7.89. The summed E-state index contributed by atoms with van der Waals surface area (Å²) >= 11 is 0. The number of nitrogens with zero attached hydrogens (tertiary/aromatic N) is 2. The summed E-state index contributed by atoms with van der Waals surface area (Å²) in [6, 6.07) is 17.3. The maximum absolute atomic E-state index is 12.9. The first kappa shape index (κ1) is 16.2. The summed E-state index contributed by atoms with van der Waals surface area (Å²) < 4.78 is 27.5. The molecule has 1 atom stereocenters. The Morgan fingerprint density at radius 3 is 2.43 bits per heavy atom. The number of likely N-dealkylation sites (N-methyl/N-ethyl adjacent to an activating group) is 1. The first-order valence-corrected chi connectivity index (χ1v) is 9.24. The highest BCUT2D eigenvalue weighted by atomic mass is 32.2. The van der Waals surface area contributed by atoms with Crippen LogP contribution in [0.1, 0.15) is 17.2 Å². The molecule has 23 heavy (non-hydrogen) atoms. The Morgan fingerprint density at radius 2 is 1.74 bits per heavy atom. The van der Waals surface area contributed by atoms with Crippen LogP contribution in [0.25, 0.3) is 0 Å². The normalized spacial score (nSPS) is 20.5. The molecule has 0 N–H and O–H groups in total. The fourth-order valence-electron chi connectivity index (χ4n) is 3.03. The molecule has 1 saturated heterocycles. The van der Waals surface area contributed by atoms with E-state index in [-0.39, 0.29) is 6.04 Å². The Bertz CT molecular complexity index is 775. The summed E-state index contributed by atoms with van der Waals surface area (Å²) in [6.45, 7) is 3.65. The average Bonchev–Trinajstić information content (AvgIpc) is 2.56. The molecule has 5 heteroatoms. The van der Waals surface area contributed by atoms with Gasteiger partial charge in [0.25, 0.3) is 0 Å². The molecule has 4 nitrogen and oxygen atoms in total. The summed E-state index contributed by atoms with van der Waals surface area (Å²) in [5.74, 6) is 0. The van der Waals surface area contributed by atoms with Crippen molar-refractivity contribution in [2.75, 3.05) is 26.7 Å². The summed E-state index contributed by atoms with van der Waals surface area (Å²) in [5.41, 5.74) is 2.11. The Kier molecular flexibility index (Phi) is 4.53. The SMILES string of the molecule is Cc1cccc(S(=O)(=O)N2CCN(C)C(c3ccccc3)C2)c1. The van der Waals surface area contributed by atoms with Crippen molar-refractivity contribution in [3.8, 4) is 0 Å². The Balaban J connectivity index is 1.89. The topological polar surface area (TPSA) is 40.6 Å². The van der Waals surface area contributed by atoms with Gasteiger partial charge in [0.15, 0.2) is 0 Å². The van der Waals surface area contributed by atoms with Gasteiger partial charge >= 0.3 is 0 Å². The summed E-state index contributed by atoms with van der Waals surface area (Å²) in [5, 5.41) is 0. The van der Waals surface area contributed by atoms with Crippen LogP contribution in [0.15, 0.2) is 59.5 Å². The minimum Gasteiger partial charge on any atom is -0.297 e. The van der Waals surface area contributed by atoms with E-state index >= 15 is 0 Å². The summed E-state index contributed by atoms with van der Waals surface area (Å²) in [6.07, 6.45) is 0. The maximum Gasteiger partial charge on any atom is 0.243 e. The Labute approximate surface area is 138 Å². The number of rotatable bonds is 3. The van der Waals surface area contributed by atoms with Gasteiger partial charge in [0.05, 0.1) is 4.90 Å². The number of hydrogen-bond donors (Lipinski definition) is 0. The van der Waals surface area contributed by atoms with Gasteiger partial charge in [0, 0.05) is 25.7 Å². The summed E-state index contributed by atoms with van der Waals surface area (Å²) in [4.78, 5) is 2.60. The molecule has 0 aliphatic carbocycles. The van der Waals surface area contributed by atoms with Crippen LogP contribution in [0.4, 0.5) is 0 Å². The smallest absolute Gasteiger partial charge is 0.243 e. The van der Waals surface area contributed by atoms with E-state index in [9.17, 15) is 8.42 Å². The number of aryl methyl sites for hydroxylation is 1. The van der Waals surface area contributed by atoms with E-state index in [0.29, 0.717) is 18.0 Å². The third-order valence-corrected chi connectivity index (χ3v) is 6.28. The van der Waals surface area contributed by atoms with Crippen LogP contribution in [0.3, 0.4) is 0 Å². The van der Waals surface area contributed by atoms with Gasteiger partial charge in [-0.3, -0.25) is 4.90 Å². The minimum absolute atomic E-state index is 0.0875. The molecule has 2 aromatic rings. The van der Waals surface area contributed by atoms with Crippen LogP contribution in [0.5, 0.6) is 0 Å². The van der Waals surface area contributed by atoms with E-state index in [1.807, 2.05) is 38.2 Å². The molecule has 122 valence electrons. The van der Waals surface area contributed by atoms with E-state index in [1.165, 1.54) is 0 Å². The second kappa shape index (κ2) is 6.43. The molecule has 1 heterocycles. The van der Waals surface area contributed by atoms with E-state index in [4.69, 9.17) is 0 Å². The van der Waals surface area contributed by atoms with Gasteiger partial charge in [0.1, 0.15) is 0 Å². The van der Waals surface area contributed by atoms with Crippen molar-refractivity contribution in [3.05, 3.63) is 65.7 Å². The standard InChI is InChI=1S/C18H22N2O2S/c1-15-7-6-10-17(13-15)23(21,22)20-12-11-19(2)18(14-20)16-8-4-3-5-9-16/h3-10,13,18H,11-12,14H2,1-2H3. The monoisotopic (exact) mass is 330 g/mol. The molecular formula is C18H22N2O2S. The second-order valence-corrected chi connectivity index (χ2v) is 8.02. The van der Waals surface area contributed by atoms with Crippen LogP contribution in [-0.2, 0) is 10.0 Å². The van der Waals surface area contributed by atoms with Crippen molar-refractivity contribution in [2.45, 2.75) is 17.9 Å². The lowest BCUT2D eigenvalue weighted by Crippen LogP contribution is -2.48. The minimum atomic E-state index is -3.44. The van der Waals surface area contributed by atoms with Gasteiger partial charge in [0.2, 0.25) is 10.0 Å². The highest BCUT2D eigenvalue weighted by Crippen LogP contribution is 2.27. The van der Waals surface area contributed by atoms with E-state index in [2.05, 4.69) is 17.0 Å². The van der Waals surface area contributed by atoms with Crippen LogP contribution in [-0.4, -0.2) is 44.3 Å². The van der Waals surface area contributed by atoms with E-state index in [0.717, 1.165) is 17.7 Å². The predicted molar refractivity (Wildman–Crippen MR) is 91.8 cm³/mol. The lowest BCUT2D eigenvalue weighted by atomic mass is 10.0. The van der Waals surface area contributed by atoms with Gasteiger partial charge in [-0.05, 0) is 37.2 Å². The number of benzene rings is 2. The average molecular weight is 330 g/mol. The third-order valence-electron chi connectivity index (χ3n) is 4.42. The number of piperazine rings is 1. The zero-order valence-electron chi connectivity index (χ0n) is 13.5. The highest BCUT2D eigenvalue weighted by Gasteiger charge is 2.33. The van der Waals surface area contributed by atoms with Crippen molar-refractivity contribution in [1.82, 2.24) is 9.21 Å². The van der Waals surface area contributed by atoms with Crippen molar-refractivity contribution >= 4 is 10.0 Å². The van der Waals surface area contributed by atoms with Crippen LogP contribution in [0.2, 0.25) is 0 Å². The Morgan fingerprint density at radius 1 is 1.00 bits per heavy atom. The molecule has 1 aliphatic rings. The lowest BCUT2D eigenvalue weighted by molar-refractivity contribution is 0.148. The van der Waals surface area contributed by atoms with Crippen LogP contribution < -0.4 is 0 Å². The zero-order chi connectivity index (χ0) is 16.4. The van der Waals surface area contributed by atoms with Crippen molar-refractivity contribution < 1.29 is 8.42 Å². The van der Waals surface area contributed by atoms with E-state index < -0.39 is 10.0 Å². The summed E-state index contributed by atoms with van der Waals surface area (Å²) in [7, 11) is -1.39. The van der Waals surface area contributed by atoms with Gasteiger partial charge in [-0.1, -0.05) is 42.5 Å². The van der Waals surface area contributed by atoms with Gasteiger partial charge in [-0.2, -0.15) is 4.31 Å². The van der Waals surface area contributed by atoms with Crippen molar-refractivity contribution in [1.29, 1.82) is 0 Å². The largest absolute Gasteiger partial charge is 0.297 e. The first-order chi connectivity index (χ1) is 11.0. The first-order valence-electron chi connectivity index (χ1n) is 7.80. The molecule has 1 fully saturated rings. The molecule has 0 bridgehead atoms. The number of sulfonamides is 1. The molecule has 1 aliphatic heterocycles. The van der Waals surface area contributed by atoms with Gasteiger partial charge in [-0.15, -0.1) is 0 Å². The van der Waals surface area contributed by atoms with Gasteiger partial charge in [-0.25, -0.2) is 8.42 Å². The molecule has 2 aromatic carbocycles. The number of hydrogen-bond acceptors (Lipinski definition) is 3. The Hall–Kier alpha value is -1.69. The molecule has 3 rings (SSSR count). The second-order valence-electron chi connectivity index (χ2n) is 6.09. The molecule has 0 saturated carbocycles. The molecule has 0 radical (unpaired) electrons. The fourth-order valence-corrected chi connectivity index (χ4v) is 4.57. The van der Waals surface area contributed by atoms with Crippen molar-refractivity contribution in [2.24, 2.45) is 0 Å². The molecular weight excluding hydrogens is 308 g/mol. The quantitative estimate of drug-likeness (QED) is 0.869.